The monoisotopic (exact) mass is 616 g/mol. The Morgan fingerprint density at radius 1 is 0.795 bits per heavy atom. The van der Waals surface area contributed by atoms with Crippen molar-refractivity contribution in [1.29, 1.82) is 0 Å². The molecule has 0 saturated heterocycles. The maximum atomic E-state index is 13.7. The van der Waals surface area contributed by atoms with Crippen molar-refractivity contribution in [3.8, 4) is 5.75 Å². The number of anilines is 1. The largest absolute Gasteiger partial charge is 0.497 e. The van der Waals surface area contributed by atoms with E-state index in [1.54, 1.807) is 29.6 Å². The molecule has 0 fully saturated rings. The zero-order chi connectivity index (χ0) is 31.5. The Hall–Kier alpha value is -4.71. The van der Waals surface area contributed by atoms with E-state index < -0.39 is 22.0 Å². The van der Waals surface area contributed by atoms with Crippen LogP contribution in [0.1, 0.15) is 23.6 Å². The Balaban J connectivity index is 1.51. The van der Waals surface area contributed by atoms with Crippen LogP contribution in [0, 0.1) is 0 Å². The van der Waals surface area contributed by atoms with Crippen molar-refractivity contribution < 1.29 is 28.0 Å². The Labute approximate surface area is 257 Å². The van der Waals surface area contributed by atoms with Gasteiger partial charge in [-0.2, -0.15) is 4.31 Å². The SMILES string of the molecule is COc1ccc(CCN(C(C)C(=O)NO)S(=O)(=O)c2ccc(NC(=O)N(Cc3ccccc3)Cc3ccccc3)cc2)cc1. The van der Waals surface area contributed by atoms with Crippen LogP contribution >= 0.6 is 0 Å². The molecule has 1 unspecified atom stereocenters. The number of hydrogen-bond donors (Lipinski definition) is 3. The summed E-state index contributed by atoms with van der Waals surface area (Å²) < 4.78 is 33.6. The molecule has 11 heteroatoms. The molecule has 4 rings (SSSR count). The first-order valence-corrected chi connectivity index (χ1v) is 15.5. The number of methoxy groups -OCH3 is 1. The van der Waals surface area contributed by atoms with Crippen LogP contribution in [-0.2, 0) is 34.3 Å². The van der Waals surface area contributed by atoms with E-state index >= 15 is 0 Å². The number of ether oxygens (including phenoxy) is 1. The number of hydroxylamine groups is 1. The van der Waals surface area contributed by atoms with Gasteiger partial charge in [0.25, 0.3) is 5.91 Å². The number of carbonyl (C=O) groups is 2. The van der Waals surface area contributed by atoms with Crippen LogP contribution in [0.4, 0.5) is 10.5 Å². The van der Waals surface area contributed by atoms with Crippen LogP contribution in [0.3, 0.4) is 0 Å². The van der Waals surface area contributed by atoms with Crippen molar-refractivity contribution in [2.45, 2.75) is 37.4 Å². The maximum Gasteiger partial charge on any atom is 0.322 e. The third-order valence-corrected chi connectivity index (χ3v) is 9.12. The van der Waals surface area contributed by atoms with Gasteiger partial charge in [0.15, 0.2) is 0 Å². The molecule has 0 radical (unpaired) electrons. The van der Waals surface area contributed by atoms with Crippen LogP contribution in [0.2, 0.25) is 0 Å². The van der Waals surface area contributed by atoms with E-state index in [9.17, 15) is 23.2 Å². The molecule has 4 aromatic rings. The topological polar surface area (TPSA) is 128 Å². The maximum absolute atomic E-state index is 13.7. The Morgan fingerprint density at radius 3 is 1.84 bits per heavy atom. The molecule has 0 bridgehead atoms. The van der Waals surface area contributed by atoms with Crippen molar-refractivity contribution in [3.63, 3.8) is 0 Å². The number of sulfonamides is 1. The number of hydrogen-bond acceptors (Lipinski definition) is 6. The van der Waals surface area contributed by atoms with Gasteiger partial charge in [-0.05, 0) is 66.4 Å². The van der Waals surface area contributed by atoms with Crippen molar-refractivity contribution >= 4 is 27.6 Å². The Morgan fingerprint density at radius 2 is 1.34 bits per heavy atom. The number of urea groups is 1. The minimum absolute atomic E-state index is 0.0182. The average molecular weight is 617 g/mol. The second-order valence-electron chi connectivity index (χ2n) is 10.1. The first-order valence-electron chi connectivity index (χ1n) is 14.0. The van der Waals surface area contributed by atoms with Crippen molar-refractivity contribution in [1.82, 2.24) is 14.7 Å². The molecule has 0 aromatic heterocycles. The fraction of sp³-hybridized carbons (Fsp3) is 0.212. The van der Waals surface area contributed by atoms with Gasteiger partial charge in [0.05, 0.1) is 12.0 Å². The molecule has 44 heavy (non-hydrogen) atoms. The number of rotatable bonds is 13. The first-order chi connectivity index (χ1) is 21.2. The molecule has 230 valence electrons. The molecule has 10 nitrogen and oxygen atoms in total. The lowest BCUT2D eigenvalue weighted by atomic mass is 10.1. The van der Waals surface area contributed by atoms with Gasteiger partial charge in [0.1, 0.15) is 11.8 Å². The molecule has 0 aliphatic rings. The molecule has 0 aliphatic heterocycles. The number of nitrogens with zero attached hydrogens (tertiary/aromatic N) is 2. The third-order valence-electron chi connectivity index (χ3n) is 7.13. The molecule has 3 amide bonds. The van der Waals surface area contributed by atoms with Gasteiger partial charge in [-0.1, -0.05) is 72.8 Å². The summed E-state index contributed by atoms with van der Waals surface area (Å²) in [5.41, 5.74) is 4.73. The summed E-state index contributed by atoms with van der Waals surface area (Å²) in [5, 5.41) is 12.1. The average Bonchev–Trinajstić information content (AvgIpc) is 3.05. The standard InChI is InChI=1S/C33H36N4O6S/c1-25(32(38)35-40)37(22-21-26-13-17-30(43-2)18-14-26)44(41,42)31-19-15-29(16-20-31)34-33(39)36(23-27-9-5-3-6-10-27)24-28-11-7-4-8-12-28/h3-20,25,40H,21-24H2,1-2H3,(H,34,39)(H,35,38). The highest BCUT2D eigenvalue weighted by atomic mass is 32.2. The van der Waals surface area contributed by atoms with E-state index in [-0.39, 0.29) is 17.5 Å². The second kappa shape index (κ2) is 15.1. The third kappa shape index (κ3) is 8.44. The van der Waals surface area contributed by atoms with E-state index in [1.807, 2.05) is 72.8 Å². The van der Waals surface area contributed by atoms with E-state index in [0.717, 1.165) is 21.0 Å². The lowest BCUT2D eigenvalue weighted by Gasteiger charge is -2.27. The molecular formula is C33H36N4O6S. The second-order valence-corrected chi connectivity index (χ2v) is 12.0. The van der Waals surface area contributed by atoms with Gasteiger partial charge in [0.2, 0.25) is 10.0 Å². The zero-order valence-corrected chi connectivity index (χ0v) is 25.4. The molecule has 0 spiro atoms. The first kappa shape index (κ1) is 32.2. The number of carbonyl (C=O) groups excluding carboxylic acids is 2. The highest BCUT2D eigenvalue weighted by molar-refractivity contribution is 7.89. The number of amides is 3. The molecule has 0 heterocycles. The summed E-state index contributed by atoms with van der Waals surface area (Å²) in [7, 11) is -2.61. The van der Waals surface area contributed by atoms with E-state index in [0.29, 0.717) is 30.9 Å². The minimum Gasteiger partial charge on any atom is -0.497 e. The Bertz CT molecular complexity index is 1580. The number of benzene rings is 4. The van der Waals surface area contributed by atoms with E-state index in [2.05, 4.69) is 5.32 Å². The minimum atomic E-state index is -4.17. The van der Waals surface area contributed by atoms with Gasteiger partial charge in [-0.15, -0.1) is 0 Å². The van der Waals surface area contributed by atoms with E-state index in [4.69, 9.17) is 4.74 Å². The molecular weight excluding hydrogens is 580 g/mol. The molecule has 0 saturated carbocycles. The van der Waals surface area contributed by atoms with Crippen molar-refractivity contribution in [2.75, 3.05) is 19.0 Å². The fourth-order valence-electron chi connectivity index (χ4n) is 4.63. The number of nitrogens with one attached hydrogen (secondary N) is 2. The smallest absolute Gasteiger partial charge is 0.322 e. The zero-order valence-electron chi connectivity index (χ0n) is 24.6. The highest BCUT2D eigenvalue weighted by Gasteiger charge is 2.33. The summed E-state index contributed by atoms with van der Waals surface area (Å²) in [6.45, 7) is 2.14. The van der Waals surface area contributed by atoms with Gasteiger partial charge in [0, 0.05) is 25.3 Å². The van der Waals surface area contributed by atoms with Crippen LogP contribution in [0.5, 0.6) is 5.75 Å². The van der Waals surface area contributed by atoms with E-state index in [1.165, 1.54) is 31.2 Å². The predicted molar refractivity (Wildman–Crippen MR) is 168 cm³/mol. The van der Waals surface area contributed by atoms with Crippen molar-refractivity contribution in [3.05, 3.63) is 126 Å². The van der Waals surface area contributed by atoms with Crippen LogP contribution in [0.15, 0.2) is 114 Å². The quantitative estimate of drug-likeness (QED) is 0.142. The van der Waals surface area contributed by atoms with Gasteiger partial charge in [-0.3, -0.25) is 10.0 Å². The summed E-state index contributed by atoms with van der Waals surface area (Å²) in [6.07, 6.45) is 0.319. The molecule has 3 N–H and O–H groups in total. The van der Waals surface area contributed by atoms with Crippen LogP contribution in [0.25, 0.3) is 0 Å². The summed E-state index contributed by atoms with van der Waals surface area (Å²) >= 11 is 0. The van der Waals surface area contributed by atoms with Crippen LogP contribution < -0.4 is 15.5 Å². The highest BCUT2D eigenvalue weighted by Crippen LogP contribution is 2.23. The van der Waals surface area contributed by atoms with Gasteiger partial charge in [-0.25, -0.2) is 18.7 Å². The summed E-state index contributed by atoms with van der Waals surface area (Å²) in [4.78, 5) is 27.3. The normalized spacial score (nSPS) is 11.9. The lowest BCUT2D eigenvalue weighted by molar-refractivity contribution is -0.132. The molecule has 4 aromatic carbocycles. The Kier molecular flexibility index (Phi) is 11.1. The van der Waals surface area contributed by atoms with Gasteiger partial charge >= 0.3 is 6.03 Å². The predicted octanol–water partition coefficient (Wildman–Crippen LogP) is 5.06. The summed E-state index contributed by atoms with van der Waals surface area (Å²) in [6, 6.07) is 30.7. The fourth-order valence-corrected chi connectivity index (χ4v) is 6.23. The molecule has 1 atom stereocenters. The van der Waals surface area contributed by atoms with Crippen LogP contribution in [-0.4, -0.2) is 54.5 Å². The lowest BCUT2D eigenvalue weighted by Crippen LogP contribution is -2.48. The molecule has 0 aliphatic carbocycles. The van der Waals surface area contributed by atoms with Gasteiger partial charge < -0.3 is 15.0 Å². The van der Waals surface area contributed by atoms with Crippen molar-refractivity contribution in [2.24, 2.45) is 0 Å². The summed E-state index contributed by atoms with van der Waals surface area (Å²) in [5.74, 6) is -0.189.